The first-order valence-corrected chi connectivity index (χ1v) is 9.25. The summed E-state index contributed by atoms with van der Waals surface area (Å²) in [5.41, 5.74) is 3.09. The van der Waals surface area contributed by atoms with Crippen LogP contribution in [0, 0.1) is 6.92 Å². The number of aryl methyl sites for hydroxylation is 1. The van der Waals surface area contributed by atoms with Crippen LogP contribution < -0.4 is 0 Å². The van der Waals surface area contributed by atoms with Crippen LogP contribution in [0.1, 0.15) is 21.1 Å². The van der Waals surface area contributed by atoms with Gasteiger partial charge in [-0.1, -0.05) is 23.2 Å². The van der Waals surface area contributed by atoms with Crippen molar-refractivity contribution in [1.29, 1.82) is 0 Å². The van der Waals surface area contributed by atoms with Crippen LogP contribution in [0.2, 0.25) is 10.0 Å². The molecule has 1 aliphatic heterocycles. The molecule has 0 saturated carbocycles. The van der Waals surface area contributed by atoms with Crippen molar-refractivity contribution in [1.82, 2.24) is 24.6 Å². The van der Waals surface area contributed by atoms with Crippen LogP contribution in [0.3, 0.4) is 0 Å². The molecule has 0 radical (unpaired) electrons. The van der Waals surface area contributed by atoms with Crippen LogP contribution in [-0.2, 0) is 13.1 Å². The zero-order valence-electron chi connectivity index (χ0n) is 13.2. The van der Waals surface area contributed by atoms with Crippen LogP contribution in [0.4, 0.5) is 0 Å². The molecule has 0 fully saturated rings. The molecule has 0 atom stereocenters. The fourth-order valence-corrected chi connectivity index (χ4v) is 3.92. The lowest BCUT2D eigenvalue weighted by molar-refractivity contribution is 0.0708. The molecule has 0 unspecified atom stereocenters. The predicted molar refractivity (Wildman–Crippen MR) is 97.1 cm³/mol. The Kier molecular flexibility index (Phi) is 4.23. The fraction of sp³-hybridized carbons (Fsp3) is 0.250. The second kappa shape index (κ2) is 6.40. The molecule has 0 aliphatic carbocycles. The van der Waals surface area contributed by atoms with Gasteiger partial charge < -0.3 is 9.47 Å². The summed E-state index contributed by atoms with van der Waals surface area (Å²) in [4.78, 5) is 20.0. The summed E-state index contributed by atoms with van der Waals surface area (Å²) in [6.45, 7) is 3.56. The predicted octanol–water partition coefficient (Wildman–Crippen LogP) is 3.67. The summed E-state index contributed by atoms with van der Waals surface area (Å²) in [5.74, 6) is 1.36. The minimum Gasteiger partial charge on any atom is -0.329 e. The Labute approximate surface area is 158 Å². The molecule has 25 heavy (non-hydrogen) atoms. The fourth-order valence-electron chi connectivity index (χ4n) is 2.86. The van der Waals surface area contributed by atoms with E-state index in [9.17, 15) is 4.79 Å². The van der Waals surface area contributed by atoms with Crippen molar-refractivity contribution in [3.8, 4) is 11.5 Å². The smallest absolute Gasteiger partial charge is 0.255 e. The Bertz CT molecular complexity index is 967. The maximum atomic E-state index is 12.8. The number of fused-ring (bicyclic) bond motifs is 1. The highest BCUT2D eigenvalue weighted by atomic mass is 35.5. The average Bonchev–Trinajstić information content (AvgIpc) is 3.19. The minimum absolute atomic E-state index is 0.137. The first-order valence-electron chi connectivity index (χ1n) is 7.61. The van der Waals surface area contributed by atoms with E-state index in [-0.39, 0.29) is 5.91 Å². The first-order chi connectivity index (χ1) is 12.0. The topological polar surface area (TPSA) is 63.9 Å². The highest BCUT2D eigenvalue weighted by Crippen LogP contribution is 2.27. The van der Waals surface area contributed by atoms with Crippen LogP contribution in [0.15, 0.2) is 23.7 Å². The Morgan fingerprint density at radius 1 is 1.24 bits per heavy atom. The molecular formula is C16H13Cl2N5OS. The molecule has 9 heteroatoms. The van der Waals surface area contributed by atoms with Gasteiger partial charge in [0.05, 0.1) is 22.6 Å². The van der Waals surface area contributed by atoms with Crippen molar-refractivity contribution in [2.24, 2.45) is 0 Å². The molecule has 0 N–H and O–H groups in total. The van der Waals surface area contributed by atoms with Crippen LogP contribution >= 0.6 is 34.5 Å². The normalized spacial score (nSPS) is 13.8. The SMILES string of the molecule is Cc1scnc1-c1nnc2n1CCN(C(=O)c1ccc(Cl)cc1Cl)C2. The molecule has 1 aliphatic rings. The van der Waals surface area contributed by atoms with E-state index in [0.29, 0.717) is 35.2 Å². The van der Waals surface area contributed by atoms with Gasteiger partial charge in [0.1, 0.15) is 5.69 Å². The van der Waals surface area contributed by atoms with Gasteiger partial charge in [0.2, 0.25) is 0 Å². The molecule has 2 aromatic heterocycles. The summed E-state index contributed by atoms with van der Waals surface area (Å²) in [7, 11) is 0. The third-order valence-electron chi connectivity index (χ3n) is 4.16. The lowest BCUT2D eigenvalue weighted by atomic mass is 10.2. The number of halogens is 2. The van der Waals surface area contributed by atoms with Crippen LogP contribution in [0.5, 0.6) is 0 Å². The lowest BCUT2D eigenvalue weighted by Crippen LogP contribution is -2.38. The summed E-state index contributed by atoms with van der Waals surface area (Å²) in [6, 6.07) is 4.89. The van der Waals surface area contributed by atoms with Crippen molar-refractivity contribution < 1.29 is 4.79 Å². The lowest BCUT2D eigenvalue weighted by Gasteiger charge is -2.28. The number of hydrogen-bond acceptors (Lipinski definition) is 5. The molecule has 0 saturated heterocycles. The Hall–Kier alpha value is -1.96. The van der Waals surface area contributed by atoms with Crippen LogP contribution in [0.25, 0.3) is 11.5 Å². The molecule has 1 aromatic carbocycles. The van der Waals surface area contributed by atoms with Gasteiger partial charge >= 0.3 is 0 Å². The quantitative estimate of drug-likeness (QED) is 0.665. The monoisotopic (exact) mass is 393 g/mol. The van der Waals surface area contributed by atoms with Crippen LogP contribution in [-0.4, -0.2) is 37.1 Å². The number of carbonyl (C=O) groups is 1. The third kappa shape index (κ3) is 2.92. The van der Waals surface area contributed by atoms with Gasteiger partial charge in [-0.2, -0.15) is 0 Å². The van der Waals surface area contributed by atoms with Crippen molar-refractivity contribution in [2.75, 3.05) is 6.54 Å². The van der Waals surface area contributed by atoms with Gasteiger partial charge in [-0.3, -0.25) is 4.79 Å². The second-order valence-electron chi connectivity index (χ2n) is 5.70. The zero-order valence-corrected chi connectivity index (χ0v) is 15.6. The highest BCUT2D eigenvalue weighted by Gasteiger charge is 2.27. The number of amides is 1. The van der Waals surface area contributed by atoms with E-state index >= 15 is 0 Å². The Morgan fingerprint density at radius 3 is 2.80 bits per heavy atom. The molecule has 128 valence electrons. The number of carbonyl (C=O) groups excluding carboxylic acids is 1. The third-order valence-corrected chi connectivity index (χ3v) is 5.46. The standard InChI is InChI=1S/C16H13Cl2N5OS/c1-9-14(19-8-25-9)15-21-20-13-7-22(4-5-23(13)15)16(24)11-3-2-10(17)6-12(11)18/h2-3,6,8H,4-5,7H2,1H3. The zero-order chi connectivity index (χ0) is 17.6. The number of benzene rings is 1. The summed E-state index contributed by atoms with van der Waals surface area (Å²) >= 11 is 13.6. The van der Waals surface area contributed by atoms with E-state index in [0.717, 1.165) is 22.2 Å². The Morgan fingerprint density at radius 2 is 2.08 bits per heavy atom. The molecule has 3 aromatic rings. The van der Waals surface area contributed by atoms with Crippen molar-refractivity contribution in [2.45, 2.75) is 20.0 Å². The molecule has 3 heterocycles. The highest BCUT2D eigenvalue weighted by molar-refractivity contribution is 7.10. The van der Waals surface area contributed by atoms with Gasteiger partial charge in [-0.25, -0.2) is 4.98 Å². The van der Waals surface area contributed by atoms with Gasteiger partial charge in [-0.15, -0.1) is 21.5 Å². The molecule has 0 bridgehead atoms. The van der Waals surface area contributed by atoms with Gasteiger partial charge in [0.15, 0.2) is 11.6 Å². The van der Waals surface area contributed by atoms with Gasteiger partial charge in [0.25, 0.3) is 5.91 Å². The summed E-state index contributed by atoms with van der Waals surface area (Å²) < 4.78 is 2.02. The Balaban J connectivity index is 1.61. The first kappa shape index (κ1) is 16.5. The maximum Gasteiger partial charge on any atom is 0.255 e. The molecule has 0 spiro atoms. The van der Waals surface area contributed by atoms with Crippen molar-refractivity contribution in [3.63, 3.8) is 0 Å². The molecule has 4 rings (SSSR count). The molecular weight excluding hydrogens is 381 g/mol. The van der Waals surface area contributed by atoms with E-state index < -0.39 is 0 Å². The summed E-state index contributed by atoms with van der Waals surface area (Å²) in [5, 5.41) is 9.37. The number of rotatable bonds is 2. The largest absolute Gasteiger partial charge is 0.329 e. The number of thiazole rings is 1. The minimum atomic E-state index is -0.137. The average molecular weight is 394 g/mol. The van der Waals surface area contributed by atoms with E-state index in [1.165, 1.54) is 0 Å². The molecule has 1 amide bonds. The van der Waals surface area contributed by atoms with Gasteiger partial charge in [0, 0.05) is 23.0 Å². The number of nitrogens with zero attached hydrogens (tertiary/aromatic N) is 5. The number of hydrogen-bond donors (Lipinski definition) is 0. The van der Waals surface area contributed by atoms with Crippen molar-refractivity contribution >= 4 is 40.4 Å². The van der Waals surface area contributed by atoms with Crippen molar-refractivity contribution in [3.05, 3.63) is 50.0 Å². The second-order valence-corrected chi connectivity index (χ2v) is 7.60. The van der Waals surface area contributed by atoms with Gasteiger partial charge in [-0.05, 0) is 25.1 Å². The van der Waals surface area contributed by atoms with E-state index in [4.69, 9.17) is 23.2 Å². The maximum absolute atomic E-state index is 12.8. The van der Waals surface area contributed by atoms with E-state index in [1.807, 2.05) is 11.5 Å². The van der Waals surface area contributed by atoms with E-state index in [1.54, 1.807) is 39.9 Å². The summed E-state index contributed by atoms with van der Waals surface area (Å²) in [6.07, 6.45) is 0. The molecule has 6 nitrogen and oxygen atoms in total. The number of aromatic nitrogens is 4. The van der Waals surface area contributed by atoms with E-state index in [2.05, 4.69) is 15.2 Å².